The first kappa shape index (κ1) is 16.7. The van der Waals surface area contributed by atoms with Crippen molar-refractivity contribution in [3.63, 3.8) is 0 Å². The lowest BCUT2D eigenvalue weighted by Gasteiger charge is -2.38. The Bertz CT molecular complexity index is 570. The van der Waals surface area contributed by atoms with E-state index >= 15 is 0 Å². The van der Waals surface area contributed by atoms with E-state index in [1.807, 2.05) is 0 Å². The minimum absolute atomic E-state index is 0.167. The molecule has 1 saturated carbocycles. The summed E-state index contributed by atoms with van der Waals surface area (Å²) in [6.45, 7) is 1.90. The molecule has 2 N–H and O–H groups in total. The monoisotopic (exact) mass is 401 g/mol. The summed E-state index contributed by atoms with van der Waals surface area (Å²) in [5.74, 6) is 0.400. The number of nitrogens with one attached hydrogen (secondary N) is 1. The summed E-state index contributed by atoms with van der Waals surface area (Å²) in [6.07, 6.45) is 3.30. The van der Waals surface area contributed by atoms with Gasteiger partial charge in [0.25, 0.3) is 10.0 Å². The van der Waals surface area contributed by atoms with Crippen molar-refractivity contribution in [1.82, 2.24) is 4.72 Å². The standard InChI is InChI=1S/C12H17BrClNO3S2/c1-8-3-2-4-12(6-8,7-16)15-20(17,18)10-5-9(14)11(13)19-10/h5,8,15-16H,2-4,6-7H2,1H3. The maximum Gasteiger partial charge on any atom is 0.250 e. The number of halogens is 2. The fraction of sp³-hybridized carbons (Fsp3) is 0.667. The number of aliphatic hydroxyl groups excluding tert-OH is 1. The molecule has 0 saturated heterocycles. The average Bonchev–Trinajstić information content (AvgIpc) is 2.70. The number of sulfonamides is 1. The summed E-state index contributed by atoms with van der Waals surface area (Å²) < 4.78 is 28.3. The predicted molar refractivity (Wildman–Crippen MR) is 84.8 cm³/mol. The zero-order valence-electron chi connectivity index (χ0n) is 11.0. The summed E-state index contributed by atoms with van der Waals surface area (Å²) in [5.41, 5.74) is -0.751. The van der Waals surface area contributed by atoms with E-state index in [9.17, 15) is 13.5 Å². The molecular weight excluding hydrogens is 386 g/mol. The van der Waals surface area contributed by atoms with E-state index in [4.69, 9.17) is 11.6 Å². The zero-order valence-corrected chi connectivity index (χ0v) is 15.0. The molecule has 2 atom stereocenters. The third kappa shape index (κ3) is 3.56. The molecule has 20 heavy (non-hydrogen) atoms. The first-order valence-corrected chi connectivity index (χ1v) is 9.85. The molecule has 1 aliphatic carbocycles. The van der Waals surface area contributed by atoms with Gasteiger partial charge in [-0.05, 0) is 40.8 Å². The topological polar surface area (TPSA) is 66.4 Å². The minimum atomic E-state index is -3.66. The third-order valence-electron chi connectivity index (χ3n) is 3.63. The highest BCUT2D eigenvalue weighted by atomic mass is 79.9. The van der Waals surface area contributed by atoms with Crippen molar-refractivity contribution in [3.8, 4) is 0 Å². The fourth-order valence-corrected chi connectivity index (χ4v) is 6.55. The minimum Gasteiger partial charge on any atom is -0.394 e. The molecule has 2 rings (SSSR count). The van der Waals surface area contributed by atoms with Crippen LogP contribution in [0.2, 0.25) is 5.02 Å². The van der Waals surface area contributed by atoms with Crippen molar-refractivity contribution in [1.29, 1.82) is 0 Å². The molecule has 1 aromatic heterocycles. The number of rotatable bonds is 4. The Hall–Kier alpha value is 0.340. The van der Waals surface area contributed by atoms with Gasteiger partial charge in [-0.1, -0.05) is 31.4 Å². The molecule has 0 aromatic carbocycles. The van der Waals surface area contributed by atoms with E-state index in [0.29, 0.717) is 27.6 Å². The summed E-state index contributed by atoms with van der Waals surface area (Å²) in [6, 6.07) is 1.43. The van der Waals surface area contributed by atoms with E-state index in [1.165, 1.54) is 6.07 Å². The van der Waals surface area contributed by atoms with Crippen LogP contribution < -0.4 is 4.72 Å². The highest BCUT2D eigenvalue weighted by Gasteiger charge is 2.38. The van der Waals surface area contributed by atoms with Gasteiger partial charge in [0.1, 0.15) is 4.21 Å². The van der Waals surface area contributed by atoms with Gasteiger partial charge in [0.2, 0.25) is 0 Å². The van der Waals surface area contributed by atoms with Gasteiger partial charge in [-0.2, -0.15) is 0 Å². The fourth-order valence-electron chi connectivity index (χ4n) is 2.72. The van der Waals surface area contributed by atoms with E-state index in [1.54, 1.807) is 0 Å². The van der Waals surface area contributed by atoms with Gasteiger partial charge < -0.3 is 5.11 Å². The molecule has 1 aliphatic rings. The van der Waals surface area contributed by atoms with Gasteiger partial charge >= 0.3 is 0 Å². The molecule has 0 spiro atoms. The highest BCUT2D eigenvalue weighted by Crippen LogP contribution is 2.37. The van der Waals surface area contributed by atoms with Crippen LogP contribution in [0.5, 0.6) is 0 Å². The zero-order chi connectivity index (χ0) is 15.0. The van der Waals surface area contributed by atoms with Crippen molar-refractivity contribution < 1.29 is 13.5 Å². The molecule has 114 valence electrons. The first-order valence-electron chi connectivity index (χ1n) is 6.38. The predicted octanol–water partition coefficient (Wildman–Crippen LogP) is 3.38. The molecule has 1 fully saturated rings. The van der Waals surface area contributed by atoms with Crippen LogP contribution in [0.4, 0.5) is 0 Å². The van der Waals surface area contributed by atoms with Crippen molar-refractivity contribution in [2.75, 3.05) is 6.61 Å². The molecule has 0 bridgehead atoms. The van der Waals surface area contributed by atoms with Crippen LogP contribution in [0.15, 0.2) is 14.1 Å². The Morgan fingerprint density at radius 1 is 1.65 bits per heavy atom. The van der Waals surface area contributed by atoms with Crippen LogP contribution in [0, 0.1) is 5.92 Å². The lowest BCUT2D eigenvalue weighted by atomic mass is 9.78. The van der Waals surface area contributed by atoms with Crippen LogP contribution in [0.1, 0.15) is 32.6 Å². The van der Waals surface area contributed by atoms with E-state index in [2.05, 4.69) is 27.6 Å². The molecule has 0 aliphatic heterocycles. The SMILES string of the molecule is CC1CCCC(CO)(NS(=O)(=O)c2cc(Cl)c(Br)s2)C1. The Balaban J connectivity index is 2.26. The van der Waals surface area contributed by atoms with Crippen molar-refractivity contribution in [3.05, 3.63) is 14.9 Å². The Morgan fingerprint density at radius 3 is 2.85 bits per heavy atom. The number of hydrogen-bond acceptors (Lipinski definition) is 4. The second kappa shape index (κ2) is 6.22. The van der Waals surface area contributed by atoms with Gasteiger partial charge in [0.15, 0.2) is 0 Å². The van der Waals surface area contributed by atoms with Gasteiger partial charge in [0.05, 0.1) is 21.0 Å². The average molecular weight is 403 g/mol. The molecule has 1 heterocycles. The van der Waals surface area contributed by atoms with Crippen LogP contribution in [0.3, 0.4) is 0 Å². The molecule has 8 heteroatoms. The number of aliphatic hydroxyl groups is 1. The van der Waals surface area contributed by atoms with Crippen LogP contribution in [-0.2, 0) is 10.0 Å². The van der Waals surface area contributed by atoms with Gasteiger partial charge in [-0.3, -0.25) is 0 Å². The smallest absolute Gasteiger partial charge is 0.250 e. The quantitative estimate of drug-likeness (QED) is 0.811. The van der Waals surface area contributed by atoms with Crippen molar-refractivity contribution in [2.45, 2.75) is 42.4 Å². The van der Waals surface area contributed by atoms with Crippen molar-refractivity contribution >= 4 is 48.9 Å². The van der Waals surface area contributed by atoms with Gasteiger partial charge in [-0.25, -0.2) is 13.1 Å². The molecule has 1 aromatic rings. The van der Waals surface area contributed by atoms with E-state index in [0.717, 1.165) is 24.2 Å². The summed E-state index contributed by atoms with van der Waals surface area (Å²) in [4.78, 5) is 0. The largest absolute Gasteiger partial charge is 0.394 e. The molecule has 0 radical (unpaired) electrons. The third-order valence-corrected chi connectivity index (χ3v) is 8.16. The summed E-state index contributed by atoms with van der Waals surface area (Å²) >= 11 is 10.2. The number of hydrogen-bond donors (Lipinski definition) is 2. The lowest BCUT2D eigenvalue weighted by molar-refractivity contribution is 0.120. The molecule has 2 unspecified atom stereocenters. The Morgan fingerprint density at radius 2 is 2.35 bits per heavy atom. The van der Waals surface area contributed by atoms with Crippen molar-refractivity contribution in [2.24, 2.45) is 5.92 Å². The molecular formula is C12H17BrClNO3S2. The lowest BCUT2D eigenvalue weighted by Crippen LogP contribution is -2.53. The first-order chi connectivity index (χ1) is 9.28. The van der Waals surface area contributed by atoms with Gasteiger partial charge in [-0.15, -0.1) is 11.3 Å². The second-order valence-electron chi connectivity index (χ2n) is 5.43. The van der Waals surface area contributed by atoms with Crippen LogP contribution in [-0.4, -0.2) is 25.7 Å². The molecule has 4 nitrogen and oxygen atoms in total. The normalized spacial score (nSPS) is 27.7. The summed E-state index contributed by atoms with van der Waals surface area (Å²) in [7, 11) is -3.66. The summed E-state index contributed by atoms with van der Waals surface area (Å²) in [5, 5.41) is 10.1. The maximum atomic E-state index is 12.4. The van der Waals surface area contributed by atoms with Gasteiger partial charge in [0, 0.05) is 0 Å². The Labute approximate surface area is 136 Å². The molecule has 0 amide bonds. The van der Waals surface area contributed by atoms with E-state index in [-0.39, 0.29) is 10.8 Å². The Kier molecular flexibility index (Phi) is 5.20. The van der Waals surface area contributed by atoms with Crippen LogP contribution >= 0.6 is 38.9 Å². The van der Waals surface area contributed by atoms with E-state index < -0.39 is 15.6 Å². The maximum absolute atomic E-state index is 12.4. The highest BCUT2D eigenvalue weighted by molar-refractivity contribution is 9.11. The number of thiophene rings is 1. The van der Waals surface area contributed by atoms with Crippen LogP contribution in [0.25, 0.3) is 0 Å². The second-order valence-corrected chi connectivity index (χ2v) is 10.1.